The highest BCUT2D eigenvalue weighted by molar-refractivity contribution is 5.94. The van der Waals surface area contributed by atoms with Gasteiger partial charge in [0.25, 0.3) is 0 Å². The van der Waals surface area contributed by atoms with Gasteiger partial charge in [0.05, 0.1) is 0 Å². The zero-order valence-electron chi connectivity index (χ0n) is 16.9. The highest BCUT2D eigenvalue weighted by Crippen LogP contribution is 2.21. The van der Waals surface area contributed by atoms with Gasteiger partial charge >= 0.3 is 0 Å². The van der Waals surface area contributed by atoms with Gasteiger partial charge in [0.2, 0.25) is 5.91 Å². The summed E-state index contributed by atoms with van der Waals surface area (Å²) in [5.74, 6) is -0.0688. The molecule has 1 unspecified atom stereocenters. The van der Waals surface area contributed by atoms with Crippen LogP contribution in [0.3, 0.4) is 0 Å². The minimum Gasteiger partial charge on any atom is -0.356 e. The third-order valence-electron chi connectivity index (χ3n) is 4.81. The van der Waals surface area contributed by atoms with Gasteiger partial charge in [0.15, 0.2) is 0 Å². The van der Waals surface area contributed by atoms with Crippen molar-refractivity contribution in [3.05, 3.63) is 96.1 Å². The van der Waals surface area contributed by atoms with E-state index in [4.69, 9.17) is 0 Å². The monoisotopic (exact) mass is 416 g/mol. The normalized spacial score (nSPS) is 11.7. The zero-order chi connectivity index (χ0) is 21.6. The molecule has 0 spiro atoms. The maximum atomic E-state index is 13.3. The summed E-state index contributed by atoms with van der Waals surface area (Å²) in [5, 5.41) is 17.7. The van der Waals surface area contributed by atoms with Crippen LogP contribution in [0, 0.1) is 12.7 Å². The van der Waals surface area contributed by atoms with Crippen LogP contribution in [0.5, 0.6) is 0 Å². The number of hydrogen-bond acceptors (Lipinski definition) is 5. The van der Waals surface area contributed by atoms with Crippen molar-refractivity contribution in [3.8, 4) is 0 Å². The third kappa shape index (κ3) is 5.11. The summed E-state index contributed by atoms with van der Waals surface area (Å²) in [6.07, 6.45) is 0.325. The predicted octanol–water partition coefficient (Wildman–Crippen LogP) is 4.29. The van der Waals surface area contributed by atoms with Crippen LogP contribution in [-0.4, -0.2) is 26.1 Å². The van der Waals surface area contributed by atoms with Crippen LogP contribution >= 0.6 is 0 Å². The number of carbonyl (C=O) groups excluding carboxylic acids is 1. The van der Waals surface area contributed by atoms with Crippen molar-refractivity contribution in [1.82, 2.24) is 20.2 Å². The lowest BCUT2D eigenvalue weighted by Crippen LogP contribution is -2.29. The van der Waals surface area contributed by atoms with Gasteiger partial charge in [-0.25, -0.2) is 9.07 Å². The molecule has 0 aliphatic rings. The molecule has 0 fully saturated rings. The van der Waals surface area contributed by atoms with Gasteiger partial charge in [-0.15, -0.1) is 5.10 Å². The van der Waals surface area contributed by atoms with E-state index in [-0.39, 0.29) is 11.7 Å². The van der Waals surface area contributed by atoms with Gasteiger partial charge in [-0.2, -0.15) is 0 Å². The highest BCUT2D eigenvalue weighted by atomic mass is 19.1. The number of aromatic nitrogens is 4. The number of nitrogens with zero attached hydrogens (tertiary/aromatic N) is 4. The Kier molecular flexibility index (Phi) is 5.98. The number of aryl methyl sites for hydroxylation is 1. The molecular formula is C23H21FN6O. The summed E-state index contributed by atoms with van der Waals surface area (Å²) in [7, 11) is 0. The molecule has 156 valence electrons. The second-order valence-corrected chi connectivity index (χ2v) is 7.07. The first-order valence-electron chi connectivity index (χ1n) is 9.80. The second kappa shape index (κ2) is 9.17. The number of nitrogens with one attached hydrogen (secondary N) is 2. The maximum absolute atomic E-state index is 13.3. The third-order valence-corrected chi connectivity index (χ3v) is 4.81. The summed E-state index contributed by atoms with van der Waals surface area (Å²) < 4.78 is 14.7. The number of tetrazole rings is 1. The van der Waals surface area contributed by atoms with Gasteiger partial charge in [-0.05, 0) is 71.4 Å². The van der Waals surface area contributed by atoms with Gasteiger partial charge in [-0.1, -0.05) is 30.3 Å². The maximum Gasteiger partial charge on any atom is 0.249 e. The van der Waals surface area contributed by atoms with Crippen LogP contribution in [0.15, 0.2) is 78.9 Å². The molecule has 0 radical (unpaired) electrons. The molecule has 31 heavy (non-hydrogen) atoms. The van der Waals surface area contributed by atoms with Crippen molar-refractivity contribution in [1.29, 1.82) is 0 Å². The summed E-state index contributed by atoms with van der Waals surface area (Å²) >= 11 is 0. The first-order chi connectivity index (χ1) is 15.1. The van der Waals surface area contributed by atoms with Crippen LogP contribution in [-0.2, 0) is 11.2 Å². The number of anilines is 3. The predicted molar refractivity (Wildman–Crippen MR) is 116 cm³/mol. The molecule has 0 bridgehead atoms. The summed E-state index contributed by atoms with van der Waals surface area (Å²) in [6.45, 7) is 1.73. The van der Waals surface area contributed by atoms with Crippen LogP contribution in [0.4, 0.5) is 21.5 Å². The quantitative estimate of drug-likeness (QED) is 0.470. The molecular weight excluding hydrogens is 395 g/mol. The van der Waals surface area contributed by atoms with Crippen LogP contribution in [0.2, 0.25) is 0 Å². The SMILES string of the molecule is Cc1nnnn1C(Cc1ccc(F)cc1)C(=O)Nc1ccc(Nc2ccccc2)cc1. The van der Waals surface area contributed by atoms with E-state index in [1.807, 2.05) is 54.6 Å². The van der Waals surface area contributed by atoms with Gasteiger partial charge < -0.3 is 10.6 Å². The molecule has 3 aromatic carbocycles. The van der Waals surface area contributed by atoms with E-state index in [1.165, 1.54) is 16.8 Å². The van der Waals surface area contributed by atoms with Crippen molar-refractivity contribution in [2.75, 3.05) is 10.6 Å². The van der Waals surface area contributed by atoms with Gasteiger partial charge in [0, 0.05) is 23.5 Å². The lowest BCUT2D eigenvalue weighted by atomic mass is 10.0. The highest BCUT2D eigenvalue weighted by Gasteiger charge is 2.24. The first-order valence-corrected chi connectivity index (χ1v) is 9.80. The lowest BCUT2D eigenvalue weighted by Gasteiger charge is -2.18. The summed E-state index contributed by atoms with van der Waals surface area (Å²) in [5.41, 5.74) is 3.34. The van der Waals surface area contributed by atoms with E-state index in [0.717, 1.165) is 16.9 Å². The molecule has 0 saturated carbocycles. The van der Waals surface area contributed by atoms with E-state index in [9.17, 15) is 9.18 Å². The van der Waals surface area contributed by atoms with E-state index >= 15 is 0 Å². The summed E-state index contributed by atoms with van der Waals surface area (Å²) in [4.78, 5) is 13.1. The fraction of sp³-hybridized carbons (Fsp3) is 0.130. The minimum atomic E-state index is -0.678. The Labute approximate surface area is 178 Å². The Morgan fingerprint density at radius 1 is 0.935 bits per heavy atom. The van der Waals surface area contributed by atoms with Gasteiger partial charge in [-0.3, -0.25) is 4.79 Å². The number of para-hydroxylation sites is 1. The van der Waals surface area contributed by atoms with Crippen LogP contribution in [0.1, 0.15) is 17.4 Å². The Hall–Kier alpha value is -4.07. The number of hydrogen-bond donors (Lipinski definition) is 2. The van der Waals surface area contributed by atoms with Gasteiger partial charge in [0.1, 0.15) is 17.7 Å². The number of amides is 1. The molecule has 4 rings (SSSR count). The molecule has 4 aromatic rings. The Morgan fingerprint density at radius 3 is 2.23 bits per heavy atom. The number of benzene rings is 3. The molecule has 0 aliphatic heterocycles. The Bertz CT molecular complexity index is 1140. The van der Waals surface area contributed by atoms with E-state index in [2.05, 4.69) is 26.2 Å². The molecule has 1 atom stereocenters. The number of carbonyl (C=O) groups is 1. The van der Waals surface area contributed by atoms with Crippen molar-refractivity contribution >= 4 is 23.0 Å². The average Bonchev–Trinajstić information content (AvgIpc) is 3.21. The fourth-order valence-electron chi connectivity index (χ4n) is 3.21. The molecule has 8 heteroatoms. The van der Waals surface area contributed by atoms with Crippen molar-refractivity contribution in [3.63, 3.8) is 0 Å². The van der Waals surface area contributed by atoms with E-state index in [1.54, 1.807) is 19.1 Å². The second-order valence-electron chi connectivity index (χ2n) is 7.07. The molecule has 1 heterocycles. The molecule has 7 nitrogen and oxygen atoms in total. The van der Waals surface area contributed by atoms with E-state index < -0.39 is 6.04 Å². The number of halogens is 1. The first kappa shape index (κ1) is 20.2. The Balaban J connectivity index is 1.49. The molecule has 1 aromatic heterocycles. The summed E-state index contributed by atoms with van der Waals surface area (Å²) in [6, 6.07) is 22.6. The fourth-order valence-corrected chi connectivity index (χ4v) is 3.21. The van der Waals surface area contributed by atoms with Crippen LogP contribution < -0.4 is 10.6 Å². The molecule has 0 aliphatic carbocycles. The van der Waals surface area contributed by atoms with Crippen molar-refractivity contribution in [2.45, 2.75) is 19.4 Å². The smallest absolute Gasteiger partial charge is 0.249 e. The van der Waals surface area contributed by atoms with Crippen molar-refractivity contribution < 1.29 is 9.18 Å². The van der Waals surface area contributed by atoms with Crippen molar-refractivity contribution in [2.24, 2.45) is 0 Å². The van der Waals surface area contributed by atoms with Crippen LogP contribution in [0.25, 0.3) is 0 Å². The largest absolute Gasteiger partial charge is 0.356 e. The standard InChI is InChI=1S/C23H21FN6O/c1-16-27-28-29-30(16)22(15-17-7-9-18(24)10-8-17)23(31)26-21-13-11-20(12-14-21)25-19-5-3-2-4-6-19/h2-14,22,25H,15H2,1H3,(H,26,31). The molecule has 1 amide bonds. The topological polar surface area (TPSA) is 84.7 Å². The Morgan fingerprint density at radius 2 is 1.58 bits per heavy atom. The zero-order valence-corrected chi connectivity index (χ0v) is 16.9. The average molecular weight is 416 g/mol. The lowest BCUT2D eigenvalue weighted by molar-refractivity contribution is -0.119. The molecule has 2 N–H and O–H groups in total. The number of rotatable bonds is 7. The van der Waals surface area contributed by atoms with E-state index in [0.29, 0.717) is 17.9 Å². The minimum absolute atomic E-state index is 0.261. The molecule has 0 saturated heterocycles.